The Morgan fingerprint density at radius 3 is 2.75 bits per heavy atom. The SMILES string of the molecule is Nc1nccc(Oc2ccc3c(c2)CCCN3C(=O)Nc2ccc(Cl)c(C(F)(F)F)c2)n1. The van der Waals surface area contributed by atoms with Crippen molar-refractivity contribution in [2.45, 2.75) is 19.0 Å². The average molecular weight is 464 g/mol. The monoisotopic (exact) mass is 463 g/mol. The maximum atomic E-state index is 13.1. The van der Waals surface area contributed by atoms with Crippen LogP contribution < -0.4 is 20.7 Å². The molecule has 3 aromatic rings. The van der Waals surface area contributed by atoms with Crippen molar-refractivity contribution in [2.24, 2.45) is 0 Å². The minimum absolute atomic E-state index is 0.000141. The number of urea groups is 1. The van der Waals surface area contributed by atoms with E-state index in [0.717, 1.165) is 17.7 Å². The summed E-state index contributed by atoms with van der Waals surface area (Å²) >= 11 is 5.64. The van der Waals surface area contributed by atoms with Crippen LogP contribution in [0.5, 0.6) is 11.6 Å². The van der Waals surface area contributed by atoms with Gasteiger partial charge in [0.15, 0.2) is 0 Å². The summed E-state index contributed by atoms with van der Waals surface area (Å²) in [5, 5.41) is 2.09. The number of carbonyl (C=O) groups excluding carboxylic acids is 1. The lowest BCUT2D eigenvalue weighted by atomic mass is 10.0. The first-order chi connectivity index (χ1) is 15.2. The summed E-state index contributed by atoms with van der Waals surface area (Å²) < 4.78 is 45.0. The van der Waals surface area contributed by atoms with Crippen LogP contribution in [0.15, 0.2) is 48.7 Å². The number of halogens is 4. The smallest absolute Gasteiger partial charge is 0.417 e. The number of rotatable bonds is 3. The molecule has 2 aromatic carbocycles. The van der Waals surface area contributed by atoms with Crippen LogP contribution in [-0.4, -0.2) is 22.5 Å². The van der Waals surface area contributed by atoms with Crippen molar-refractivity contribution >= 4 is 35.0 Å². The number of aryl methyl sites for hydroxylation is 1. The minimum Gasteiger partial charge on any atom is -0.439 e. The lowest BCUT2D eigenvalue weighted by Gasteiger charge is -2.30. The molecule has 0 unspecified atom stereocenters. The van der Waals surface area contributed by atoms with Crippen LogP contribution in [0.3, 0.4) is 0 Å². The van der Waals surface area contributed by atoms with E-state index in [1.165, 1.54) is 17.2 Å². The lowest BCUT2D eigenvalue weighted by Crippen LogP contribution is -2.38. The molecular formula is C21H17ClF3N5O2. The van der Waals surface area contributed by atoms with E-state index in [1.807, 2.05) is 0 Å². The molecular weight excluding hydrogens is 447 g/mol. The number of aromatic nitrogens is 2. The largest absolute Gasteiger partial charge is 0.439 e. The highest BCUT2D eigenvalue weighted by Gasteiger charge is 2.33. The van der Waals surface area contributed by atoms with Crippen molar-refractivity contribution in [3.63, 3.8) is 0 Å². The fourth-order valence-corrected chi connectivity index (χ4v) is 3.62. The Kier molecular flexibility index (Phi) is 5.79. The van der Waals surface area contributed by atoms with Gasteiger partial charge in [0, 0.05) is 30.2 Å². The van der Waals surface area contributed by atoms with Crippen molar-refractivity contribution in [3.8, 4) is 11.6 Å². The fraction of sp³-hybridized carbons (Fsp3) is 0.190. The summed E-state index contributed by atoms with van der Waals surface area (Å²) in [5.74, 6) is 0.877. The van der Waals surface area contributed by atoms with Crippen molar-refractivity contribution in [3.05, 3.63) is 64.8 Å². The van der Waals surface area contributed by atoms with Crippen molar-refractivity contribution in [1.82, 2.24) is 9.97 Å². The molecule has 0 spiro atoms. The number of nitrogens with zero attached hydrogens (tertiary/aromatic N) is 3. The van der Waals surface area contributed by atoms with Gasteiger partial charge in [0.1, 0.15) is 5.75 Å². The highest BCUT2D eigenvalue weighted by atomic mass is 35.5. The summed E-state index contributed by atoms with van der Waals surface area (Å²) in [6, 6.07) is 9.45. The van der Waals surface area contributed by atoms with Gasteiger partial charge >= 0.3 is 12.2 Å². The third kappa shape index (κ3) is 4.70. The molecule has 7 nitrogen and oxygen atoms in total. The molecule has 0 radical (unpaired) electrons. The number of benzene rings is 2. The van der Waals surface area contributed by atoms with Crippen LogP contribution in [0.1, 0.15) is 17.5 Å². The van der Waals surface area contributed by atoms with E-state index in [2.05, 4.69) is 15.3 Å². The number of fused-ring (bicyclic) bond motifs is 1. The van der Waals surface area contributed by atoms with Crippen LogP contribution in [0, 0.1) is 0 Å². The summed E-state index contributed by atoms with van der Waals surface area (Å²) in [4.78, 5) is 22.1. The molecule has 0 atom stereocenters. The van der Waals surface area contributed by atoms with E-state index >= 15 is 0 Å². The average Bonchev–Trinajstić information content (AvgIpc) is 2.73. The second-order valence-corrected chi connectivity index (χ2v) is 7.43. The Balaban J connectivity index is 1.53. The zero-order valence-corrected chi connectivity index (χ0v) is 17.2. The van der Waals surface area contributed by atoms with Crippen LogP contribution in [0.25, 0.3) is 0 Å². The van der Waals surface area contributed by atoms with Gasteiger partial charge in [-0.15, -0.1) is 0 Å². The van der Waals surface area contributed by atoms with Gasteiger partial charge < -0.3 is 15.8 Å². The zero-order chi connectivity index (χ0) is 22.9. The number of nitrogens with one attached hydrogen (secondary N) is 1. The summed E-state index contributed by atoms with van der Waals surface area (Å²) in [5.41, 5.74) is 6.05. The summed E-state index contributed by atoms with van der Waals surface area (Å²) in [7, 11) is 0. The van der Waals surface area contributed by atoms with Gasteiger partial charge in [-0.2, -0.15) is 18.2 Å². The number of anilines is 3. The third-order valence-corrected chi connectivity index (χ3v) is 5.14. The quantitative estimate of drug-likeness (QED) is 0.534. The van der Waals surface area contributed by atoms with Gasteiger partial charge in [-0.3, -0.25) is 4.90 Å². The molecule has 2 amide bonds. The van der Waals surface area contributed by atoms with E-state index in [1.54, 1.807) is 24.3 Å². The number of hydrogen-bond acceptors (Lipinski definition) is 5. The number of amides is 2. The molecule has 1 aliphatic heterocycles. The van der Waals surface area contributed by atoms with E-state index in [4.69, 9.17) is 22.1 Å². The van der Waals surface area contributed by atoms with Crippen LogP contribution in [0.4, 0.5) is 35.3 Å². The molecule has 2 heterocycles. The molecule has 0 saturated heterocycles. The van der Waals surface area contributed by atoms with E-state index in [9.17, 15) is 18.0 Å². The van der Waals surface area contributed by atoms with Crippen molar-refractivity contribution < 1.29 is 22.7 Å². The molecule has 1 aromatic heterocycles. The van der Waals surface area contributed by atoms with E-state index < -0.39 is 22.8 Å². The van der Waals surface area contributed by atoms with Gasteiger partial charge in [0.05, 0.1) is 10.6 Å². The highest BCUT2D eigenvalue weighted by molar-refractivity contribution is 6.31. The molecule has 0 saturated carbocycles. The molecule has 32 heavy (non-hydrogen) atoms. The Labute approximate surface area is 186 Å². The topological polar surface area (TPSA) is 93.4 Å². The Bertz CT molecular complexity index is 1170. The molecule has 0 fully saturated rings. The Morgan fingerprint density at radius 1 is 1.19 bits per heavy atom. The van der Waals surface area contributed by atoms with Gasteiger partial charge in [-0.25, -0.2) is 9.78 Å². The number of nitrogens with two attached hydrogens (primary N) is 1. The number of hydrogen-bond donors (Lipinski definition) is 2. The minimum atomic E-state index is -4.62. The number of nitrogen functional groups attached to an aromatic ring is 1. The number of ether oxygens (including phenoxy) is 1. The van der Waals surface area contributed by atoms with Crippen LogP contribution >= 0.6 is 11.6 Å². The van der Waals surface area contributed by atoms with Crippen molar-refractivity contribution in [1.29, 1.82) is 0 Å². The second kappa shape index (κ2) is 8.54. The normalized spacial score (nSPS) is 13.4. The maximum absolute atomic E-state index is 13.1. The predicted octanol–water partition coefficient (Wildman–Crippen LogP) is 5.51. The zero-order valence-electron chi connectivity index (χ0n) is 16.5. The molecule has 0 aliphatic carbocycles. The second-order valence-electron chi connectivity index (χ2n) is 7.02. The molecule has 4 rings (SSSR count). The predicted molar refractivity (Wildman–Crippen MR) is 114 cm³/mol. The van der Waals surface area contributed by atoms with Crippen LogP contribution in [-0.2, 0) is 12.6 Å². The summed E-state index contributed by atoms with van der Waals surface area (Å²) in [6.07, 6.45) is -1.76. The van der Waals surface area contributed by atoms with E-state index in [-0.39, 0.29) is 17.5 Å². The first-order valence-electron chi connectivity index (χ1n) is 9.55. The third-order valence-electron chi connectivity index (χ3n) is 4.81. The first kappa shape index (κ1) is 21.7. The van der Waals surface area contributed by atoms with Gasteiger partial charge in [0.25, 0.3) is 0 Å². The molecule has 0 bridgehead atoms. The van der Waals surface area contributed by atoms with E-state index in [0.29, 0.717) is 30.8 Å². The molecule has 3 N–H and O–H groups in total. The van der Waals surface area contributed by atoms with Gasteiger partial charge in [-0.05, 0) is 54.8 Å². The Hall–Kier alpha value is -3.53. The van der Waals surface area contributed by atoms with Crippen LogP contribution in [0.2, 0.25) is 5.02 Å². The first-order valence-corrected chi connectivity index (χ1v) is 9.93. The molecule has 1 aliphatic rings. The fourth-order valence-electron chi connectivity index (χ4n) is 3.39. The lowest BCUT2D eigenvalue weighted by molar-refractivity contribution is -0.137. The maximum Gasteiger partial charge on any atom is 0.417 e. The van der Waals surface area contributed by atoms with Crippen molar-refractivity contribution in [2.75, 3.05) is 22.5 Å². The molecule has 11 heteroatoms. The summed E-state index contributed by atoms with van der Waals surface area (Å²) in [6.45, 7) is 0.418. The Morgan fingerprint density at radius 2 is 2.00 bits per heavy atom. The van der Waals surface area contributed by atoms with Gasteiger partial charge in [0.2, 0.25) is 11.8 Å². The molecule has 166 valence electrons. The van der Waals surface area contributed by atoms with Gasteiger partial charge in [-0.1, -0.05) is 11.6 Å². The number of alkyl halides is 3. The number of carbonyl (C=O) groups is 1. The highest BCUT2D eigenvalue weighted by Crippen LogP contribution is 2.37. The standard InChI is InChI=1S/C21H17ClF3N5O2/c22-16-5-3-13(11-15(16)21(23,24)25)28-20(31)30-9-1-2-12-10-14(4-6-17(12)30)32-18-7-8-27-19(26)29-18/h3-8,10-11H,1-2,9H2,(H,28,31)(H2,26,27,29).